The van der Waals surface area contributed by atoms with Crippen molar-refractivity contribution >= 4 is 61.0 Å². The highest BCUT2D eigenvalue weighted by Crippen LogP contribution is 2.64. The number of ether oxygens (including phenoxy) is 4. The molecule has 0 saturated carbocycles. The number of nitrogens with two attached hydrogens (primary N) is 1. The molecule has 3 fully saturated rings. The molecule has 2 bridgehead atoms. The smallest absolute Gasteiger partial charge is 0.432 e. The minimum Gasteiger partial charge on any atom is -0.432 e. The highest BCUT2D eigenvalue weighted by molar-refractivity contribution is 8.55. The van der Waals surface area contributed by atoms with Crippen molar-refractivity contribution in [2.75, 3.05) is 24.9 Å². The number of imide groups is 1. The lowest BCUT2D eigenvalue weighted by Gasteiger charge is -2.27. The Morgan fingerprint density at radius 2 is 1.86 bits per heavy atom. The van der Waals surface area contributed by atoms with Gasteiger partial charge in [0.1, 0.15) is 42.4 Å². The molecule has 3 saturated heterocycles. The van der Waals surface area contributed by atoms with Gasteiger partial charge in [0.05, 0.1) is 31.6 Å². The van der Waals surface area contributed by atoms with Crippen molar-refractivity contribution in [1.29, 1.82) is 0 Å². The zero-order valence-electron chi connectivity index (χ0n) is 25.9. The highest BCUT2D eigenvalue weighted by atomic mass is 32.7. The monoisotopic (exact) mass is 770 g/mol. The summed E-state index contributed by atoms with van der Waals surface area (Å²) in [5.74, 6) is -3.82. The van der Waals surface area contributed by atoms with Crippen molar-refractivity contribution in [1.82, 2.24) is 24.8 Å². The van der Waals surface area contributed by atoms with Gasteiger partial charge in [0.25, 0.3) is 0 Å². The minimum atomic E-state index is -5.25. The van der Waals surface area contributed by atoms with Crippen molar-refractivity contribution in [3.63, 3.8) is 0 Å². The van der Waals surface area contributed by atoms with Crippen LogP contribution in [0.2, 0.25) is 0 Å². The molecule has 6 rings (SSSR count). The number of phosphoric ester groups is 1. The van der Waals surface area contributed by atoms with Gasteiger partial charge >= 0.3 is 20.8 Å². The molecule has 6 heterocycles. The molecule has 20 nitrogen and oxygen atoms in total. The summed E-state index contributed by atoms with van der Waals surface area (Å²) in [6, 6.07) is 0. The number of halogens is 2. The Labute approximate surface area is 284 Å². The zero-order chi connectivity index (χ0) is 36.0. The summed E-state index contributed by atoms with van der Waals surface area (Å²) in [6.07, 6.45) is -12.3. The second kappa shape index (κ2) is 14.5. The molecule has 0 radical (unpaired) electrons. The van der Waals surface area contributed by atoms with Gasteiger partial charge in [-0.15, -0.1) is 0 Å². The van der Waals surface area contributed by atoms with E-state index in [1.165, 1.54) is 10.9 Å². The van der Waals surface area contributed by atoms with E-state index in [2.05, 4.69) is 15.0 Å². The maximum Gasteiger partial charge on any atom is 0.509 e. The van der Waals surface area contributed by atoms with Gasteiger partial charge in [-0.2, -0.15) is 0 Å². The Bertz CT molecular complexity index is 1770. The van der Waals surface area contributed by atoms with Crippen LogP contribution in [0.5, 0.6) is 0 Å². The van der Waals surface area contributed by atoms with E-state index in [-0.39, 0.29) is 28.4 Å². The molecule has 25 heteroatoms. The number of phosphoric acid groups is 1. The van der Waals surface area contributed by atoms with E-state index in [1.807, 2.05) is 5.32 Å². The SMILES string of the molecule is CC(C)OC(=O)OCSP1(=O)OC[C@H]2OC(C3C=CC(=O)NC3=O)[C@H](F)[C@@H]2OP(=O)(O)OC[C@H]2O[C@@H](n3cnc4c(N)ncnc43)[C@H](O1)[C@@H]2F. The number of hydrogen-bond donors (Lipinski definition) is 3. The van der Waals surface area contributed by atoms with Gasteiger partial charge in [-0.1, -0.05) is 6.08 Å². The fraction of sp³-hybridized carbons (Fsp3) is 0.600. The normalized spacial score (nSPS) is 37.8. The van der Waals surface area contributed by atoms with Crippen LogP contribution in [0, 0.1) is 5.92 Å². The van der Waals surface area contributed by atoms with Gasteiger partial charge < -0.3 is 29.6 Å². The second-order valence-electron chi connectivity index (χ2n) is 11.4. The molecule has 4 N–H and O–H groups in total. The van der Waals surface area contributed by atoms with Gasteiger partial charge in [0.2, 0.25) is 11.8 Å². The maximum atomic E-state index is 16.2. The quantitative estimate of drug-likeness (QED) is 0.164. The van der Waals surface area contributed by atoms with Crippen LogP contribution in [0.25, 0.3) is 11.2 Å². The first-order chi connectivity index (χ1) is 23.6. The number of nitrogen functional groups attached to an aromatic ring is 1. The molecule has 50 heavy (non-hydrogen) atoms. The number of imidazole rings is 1. The first kappa shape index (κ1) is 36.7. The Balaban J connectivity index is 1.33. The second-order valence-corrected chi connectivity index (χ2v) is 16.7. The van der Waals surface area contributed by atoms with E-state index in [0.29, 0.717) is 0 Å². The molecule has 4 aliphatic rings. The lowest BCUT2D eigenvalue weighted by atomic mass is 9.94. The third-order valence-electron chi connectivity index (χ3n) is 7.63. The van der Waals surface area contributed by atoms with E-state index < -0.39 is 113 Å². The fourth-order valence-corrected chi connectivity index (χ4v) is 9.13. The zero-order valence-corrected chi connectivity index (χ0v) is 28.5. The maximum absolute atomic E-state index is 16.2. The number of hydrogen-bond acceptors (Lipinski definition) is 18. The molecule has 274 valence electrons. The molecule has 11 atom stereocenters. The summed E-state index contributed by atoms with van der Waals surface area (Å²) in [6.45, 7) is -3.49. The van der Waals surface area contributed by atoms with Crippen LogP contribution < -0.4 is 11.1 Å². The molecule has 2 amide bonds. The summed E-state index contributed by atoms with van der Waals surface area (Å²) < 4.78 is 104. The fourth-order valence-electron chi connectivity index (χ4n) is 5.42. The summed E-state index contributed by atoms with van der Waals surface area (Å²) in [4.78, 5) is 58.8. The average molecular weight is 771 g/mol. The molecule has 2 aromatic rings. The van der Waals surface area contributed by atoms with Crippen LogP contribution in [0.3, 0.4) is 0 Å². The van der Waals surface area contributed by atoms with Crippen molar-refractivity contribution in [2.24, 2.45) is 5.92 Å². The average Bonchev–Trinajstić information content (AvgIpc) is 3.69. The van der Waals surface area contributed by atoms with Crippen molar-refractivity contribution in [2.45, 2.75) is 69.0 Å². The van der Waals surface area contributed by atoms with Crippen LogP contribution in [0.15, 0.2) is 24.8 Å². The van der Waals surface area contributed by atoms with E-state index in [1.54, 1.807) is 13.8 Å². The number of fused-ring (bicyclic) bond motifs is 4. The number of aromatic nitrogens is 4. The van der Waals surface area contributed by atoms with Gasteiger partial charge in [0.15, 0.2) is 36.0 Å². The van der Waals surface area contributed by atoms with E-state index in [0.717, 1.165) is 18.5 Å². The molecule has 0 aliphatic carbocycles. The first-order valence-electron chi connectivity index (χ1n) is 14.8. The number of amides is 2. The van der Waals surface area contributed by atoms with Crippen LogP contribution in [-0.4, -0.2) is 111 Å². The van der Waals surface area contributed by atoms with Crippen molar-refractivity contribution in [3.05, 3.63) is 24.8 Å². The molecule has 2 aromatic heterocycles. The first-order valence-corrected chi connectivity index (χ1v) is 19.4. The lowest BCUT2D eigenvalue weighted by molar-refractivity contribution is -0.135. The van der Waals surface area contributed by atoms with Gasteiger partial charge in [-0.05, 0) is 13.8 Å². The van der Waals surface area contributed by atoms with Gasteiger partial charge in [-0.25, -0.2) is 37.7 Å². The number of rotatable bonds is 6. The van der Waals surface area contributed by atoms with E-state index in [4.69, 9.17) is 42.8 Å². The molecule has 0 spiro atoms. The Morgan fingerprint density at radius 1 is 1.10 bits per heavy atom. The Hall–Kier alpha value is -3.11. The summed E-state index contributed by atoms with van der Waals surface area (Å²) in [7, 11) is -5.25. The standard InChI is InChI=1S/C25H30F2N6O14P2S/c1-10(2)43-25(36)40-9-50-49(39)42-6-13-19(16(27)18(44-13)11-3-4-14(34)32-23(11)35)46-48(37,38)41-5-12-15(26)20(47-49)24(45-12)33-8-31-17-21(28)29-7-30-22(17)33/h3-4,7-8,10-13,15-16,18-20,24H,5-6,9H2,1-2H3,(H,37,38)(H2,28,29,30)(H,32,34,35)/t11?,12-,13-,15-,16+,18?,19-,20-,24-,49?/m1/s1. The van der Waals surface area contributed by atoms with Crippen molar-refractivity contribution in [3.8, 4) is 0 Å². The Kier molecular flexibility index (Phi) is 10.6. The minimum absolute atomic E-state index is 0.0280. The highest BCUT2D eigenvalue weighted by Gasteiger charge is 2.56. The summed E-state index contributed by atoms with van der Waals surface area (Å²) >= 11 is 0.277. The Morgan fingerprint density at radius 3 is 2.60 bits per heavy atom. The van der Waals surface area contributed by atoms with Crippen LogP contribution >= 0.6 is 26.0 Å². The molecule has 4 aliphatic heterocycles. The third-order valence-corrected chi connectivity index (χ3v) is 12.0. The molecular formula is C25H30F2N6O14P2S. The predicted octanol–water partition coefficient (Wildman–Crippen LogP) is 1.86. The molecule has 0 aromatic carbocycles. The number of anilines is 1. The number of alkyl halides is 2. The van der Waals surface area contributed by atoms with Crippen LogP contribution in [0.4, 0.5) is 19.4 Å². The predicted molar refractivity (Wildman–Crippen MR) is 162 cm³/mol. The van der Waals surface area contributed by atoms with E-state index in [9.17, 15) is 28.4 Å². The number of carbonyl (C=O) groups is 3. The largest absolute Gasteiger partial charge is 0.509 e. The van der Waals surface area contributed by atoms with Crippen molar-refractivity contribution < 1.29 is 74.2 Å². The van der Waals surface area contributed by atoms with Crippen LogP contribution in [-0.2, 0) is 55.8 Å². The third kappa shape index (κ3) is 7.71. The van der Waals surface area contributed by atoms with E-state index >= 15 is 8.78 Å². The molecular weight excluding hydrogens is 740 g/mol. The molecule has 4 unspecified atom stereocenters. The van der Waals surface area contributed by atoms with Gasteiger partial charge in [-0.3, -0.25) is 37.6 Å². The summed E-state index contributed by atoms with van der Waals surface area (Å²) in [5.41, 5.74) is 6.04. The number of nitrogens with one attached hydrogen (secondary N) is 1. The summed E-state index contributed by atoms with van der Waals surface area (Å²) in [5, 5.41) is 2.00. The lowest BCUT2D eigenvalue weighted by Crippen LogP contribution is -2.45. The topological polar surface area (TPSA) is 261 Å². The number of carbonyl (C=O) groups excluding carboxylic acids is 3. The van der Waals surface area contributed by atoms with Crippen LogP contribution in [0.1, 0.15) is 20.1 Å². The van der Waals surface area contributed by atoms with Gasteiger partial charge in [0, 0.05) is 17.5 Å². The number of nitrogens with zero attached hydrogens (tertiary/aromatic N) is 4.